The van der Waals surface area contributed by atoms with E-state index in [0.717, 1.165) is 18.6 Å². The van der Waals surface area contributed by atoms with E-state index in [1.807, 2.05) is 56.5 Å². The second kappa shape index (κ2) is 15.3. The van der Waals surface area contributed by atoms with E-state index < -0.39 is 0 Å². The van der Waals surface area contributed by atoms with Gasteiger partial charge in [-0.05, 0) is 32.4 Å². The summed E-state index contributed by atoms with van der Waals surface area (Å²) in [6.07, 6.45) is 11.8. The van der Waals surface area contributed by atoms with Gasteiger partial charge in [0.25, 0.3) is 5.91 Å². The molecule has 27 heavy (non-hydrogen) atoms. The summed E-state index contributed by atoms with van der Waals surface area (Å²) in [5.41, 5.74) is 0. The smallest absolute Gasteiger partial charge is 0.252 e. The van der Waals surface area contributed by atoms with Gasteiger partial charge in [0, 0.05) is 25.3 Å². The third-order valence-electron chi connectivity index (χ3n) is 4.49. The van der Waals surface area contributed by atoms with Crippen molar-refractivity contribution in [2.45, 2.75) is 71.8 Å². The zero-order valence-corrected chi connectivity index (χ0v) is 17.4. The Kier molecular flexibility index (Phi) is 13.1. The first-order valence-corrected chi connectivity index (χ1v) is 10.4. The molecular weight excluding hydrogens is 338 g/mol. The zero-order valence-electron chi connectivity index (χ0n) is 17.4. The predicted octanol–water partition coefficient (Wildman–Crippen LogP) is 5.58. The van der Waals surface area contributed by atoms with Gasteiger partial charge in [0.2, 0.25) is 0 Å². The molecule has 1 amide bonds. The van der Waals surface area contributed by atoms with Crippen molar-refractivity contribution in [2.75, 3.05) is 19.8 Å². The lowest BCUT2D eigenvalue weighted by Crippen LogP contribution is -2.37. The van der Waals surface area contributed by atoms with Crippen LogP contribution in [0, 0.1) is 0 Å². The van der Waals surface area contributed by atoms with Crippen LogP contribution in [0.5, 0.6) is 5.75 Å². The van der Waals surface area contributed by atoms with Gasteiger partial charge in [-0.2, -0.15) is 0 Å². The second-order valence-electron chi connectivity index (χ2n) is 6.90. The van der Waals surface area contributed by atoms with Crippen molar-refractivity contribution in [1.82, 2.24) is 4.90 Å². The summed E-state index contributed by atoms with van der Waals surface area (Å²) >= 11 is 0. The van der Waals surface area contributed by atoms with Crippen LogP contribution in [-0.4, -0.2) is 36.7 Å². The lowest BCUT2D eigenvalue weighted by atomic mass is 10.1. The van der Waals surface area contributed by atoms with E-state index in [2.05, 4.69) is 6.92 Å². The highest BCUT2D eigenvalue weighted by Gasteiger charge is 2.17. The van der Waals surface area contributed by atoms with E-state index in [0.29, 0.717) is 13.2 Å². The van der Waals surface area contributed by atoms with Crippen molar-refractivity contribution in [3.63, 3.8) is 0 Å². The van der Waals surface area contributed by atoms with Gasteiger partial charge in [-0.25, -0.2) is 0 Å². The van der Waals surface area contributed by atoms with E-state index in [1.165, 1.54) is 32.1 Å². The molecule has 1 aromatic carbocycles. The van der Waals surface area contributed by atoms with Crippen LogP contribution in [0.15, 0.2) is 42.6 Å². The van der Waals surface area contributed by atoms with Crippen LogP contribution in [0.4, 0.5) is 0 Å². The monoisotopic (exact) mass is 375 g/mol. The number of hydrogen-bond donors (Lipinski definition) is 0. The van der Waals surface area contributed by atoms with Gasteiger partial charge >= 0.3 is 0 Å². The first-order valence-electron chi connectivity index (χ1n) is 10.4. The predicted molar refractivity (Wildman–Crippen MR) is 112 cm³/mol. The molecule has 0 radical (unpaired) electrons. The van der Waals surface area contributed by atoms with Crippen molar-refractivity contribution in [2.24, 2.45) is 0 Å². The Balaban J connectivity index is 2.26. The maximum absolute atomic E-state index is 12.5. The fourth-order valence-corrected chi connectivity index (χ4v) is 2.86. The van der Waals surface area contributed by atoms with Crippen LogP contribution in [0.25, 0.3) is 0 Å². The van der Waals surface area contributed by atoms with Crippen LogP contribution >= 0.6 is 0 Å². The molecule has 1 atom stereocenters. The van der Waals surface area contributed by atoms with Crippen molar-refractivity contribution in [1.29, 1.82) is 0 Å². The van der Waals surface area contributed by atoms with Gasteiger partial charge in [-0.1, -0.05) is 63.3 Å². The number of para-hydroxylation sites is 1. The zero-order chi connectivity index (χ0) is 19.7. The first kappa shape index (κ1) is 23.2. The Hall–Kier alpha value is -1.81. The van der Waals surface area contributed by atoms with Crippen molar-refractivity contribution >= 4 is 5.91 Å². The Labute approximate surface area is 165 Å². The molecule has 0 saturated carbocycles. The topological polar surface area (TPSA) is 38.8 Å². The largest absolute Gasteiger partial charge is 0.494 e. The molecule has 4 heteroatoms. The lowest BCUT2D eigenvalue weighted by Gasteiger charge is -2.26. The number of allylic oxidation sites excluding steroid dienone is 1. The molecule has 0 bridgehead atoms. The van der Waals surface area contributed by atoms with E-state index in [-0.39, 0.29) is 18.6 Å². The van der Waals surface area contributed by atoms with Crippen LogP contribution in [0.1, 0.15) is 65.7 Å². The highest BCUT2D eigenvalue weighted by molar-refractivity contribution is 5.78. The molecule has 0 aromatic heterocycles. The maximum atomic E-state index is 12.5. The van der Waals surface area contributed by atoms with Crippen LogP contribution in [0.3, 0.4) is 0 Å². The second-order valence-corrected chi connectivity index (χ2v) is 6.90. The number of amides is 1. The summed E-state index contributed by atoms with van der Waals surface area (Å²) in [4.78, 5) is 14.3. The van der Waals surface area contributed by atoms with E-state index in [1.54, 1.807) is 4.90 Å². The Morgan fingerprint density at radius 2 is 1.78 bits per heavy atom. The Morgan fingerprint density at radius 3 is 2.48 bits per heavy atom. The van der Waals surface area contributed by atoms with Gasteiger partial charge < -0.3 is 14.4 Å². The third-order valence-corrected chi connectivity index (χ3v) is 4.49. The van der Waals surface area contributed by atoms with Gasteiger partial charge in [-0.3, -0.25) is 4.79 Å². The number of unbranched alkanes of at least 4 members (excludes halogenated alkanes) is 5. The summed E-state index contributed by atoms with van der Waals surface area (Å²) in [5.74, 6) is 0.863. The van der Waals surface area contributed by atoms with E-state index in [9.17, 15) is 4.79 Å². The Morgan fingerprint density at radius 1 is 1.07 bits per heavy atom. The average molecular weight is 376 g/mol. The van der Waals surface area contributed by atoms with Crippen LogP contribution < -0.4 is 4.74 Å². The van der Waals surface area contributed by atoms with Crippen LogP contribution in [-0.2, 0) is 9.53 Å². The molecule has 0 heterocycles. The lowest BCUT2D eigenvalue weighted by molar-refractivity contribution is -0.135. The molecular formula is C23H37NO3. The minimum absolute atomic E-state index is 0.00583. The molecule has 0 spiro atoms. The normalized spacial score (nSPS) is 12.3. The Bertz CT molecular complexity index is 516. The van der Waals surface area contributed by atoms with Crippen molar-refractivity contribution < 1.29 is 14.3 Å². The van der Waals surface area contributed by atoms with Gasteiger partial charge in [0.1, 0.15) is 12.4 Å². The minimum atomic E-state index is 0.00583. The molecule has 1 unspecified atom stereocenters. The molecule has 0 aliphatic heterocycles. The molecule has 0 aliphatic carbocycles. The highest BCUT2D eigenvalue weighted by Crippen LogP contribution is 2.12. The first-order chi connectivity index (χ1) is 13.2. The number of rotatable bonds is 15. The fraction of sp³-hybridized carbons (Fsp3) is 0.609. The van der Waals surface area contributed by atoms with E-state index >= 15 is 0 Å². The number of benzene rings is 1. The molecule has 0 fully saturated rings. The molecule has 4 nitrogen and oxygen atoms in total. The number of ether oxygens (including phenoxy) is 2. The standard InChI is InChI=1S/C23H37NO3/c1-4-6-7-8-9-13-18-26-20-23(25)24(17-5-2)21(3)16-19-27-22-14-11-10-12-15-22/h5,10-12,14-15,17,21H,4,6-9,13,16,18-20H2,1-3H3. The van der Waals surface area contributed by atoms with Gasteiger partial charge in [-0.15, -0.1) is 0 Å². The van der Waals surface area contributed by atoms with Crippen molar-refractivity contribution in [3.05, 3.63) is 42.6 Å². The summed E-state index contributed by atoms with van der Waals surface area (Å²) in [7, 11) is 0. The van der Waals surface area contributed by atoms with Crippen LogP contribution in [0.2, 0.25) is 0 Å². The molecule has 0 N–H and O–H groups in total. The quantitative estimate of drug-likeness (QED) is 0.375. The third kappa shape index (κ3) is 10.8. The summed E-state index contributed by atoms with van der Waals surface area (Å²) in [6, 6.07) is 9.82. The maximum Gasteiger partial charge on any atom is 0.252 e. The van der Waals surface area contributed by atoms with E-state index in [4.69, 9.17) is 9.47 Å². The average Bonchev–Trinajstić information content (AvgIpc) is 2.68. The SMILES string of the molecule is CC=CN(C(=O)COCCCCCCCC)C(C)CCOc1ccccc1. The molecule has 1 rings (SSSR count). The van der Waals surface area contributed by atoms with Gasteiger partial charge in [0.05, 0.1) is 6.61 Å². The summed E-state index contributed by atoms with van der Waals surface area (Å²) in [5, 5.41) is 0. The summed E-state index contributed by atoms with van der Waals surface area (Å²) in [6.45, 7) is 7.56. The highest BCUT2D eigenvalue weighted by atomic mass is 16.5. The molecule has 1 aromatic rings. The molecule has 152 valence electrons. The number of nitrogens with zero attached hydrogens (tertiary/aromatic N) is 1. The molecule has 0 saturated heterocycles. The summed E-state index contributed by atoms with van der Waals surface area (Å²) < 4.78 is 11.3. The molecule has 0 aliphatic rings. The fourth-order valence-electron chi connectivity index (χ4n) is 2.86. The number of carbonyl (C=O) groups is 1. The number of hydrogen-bond acceptors (Lipinski definition) is 3. The van der Waals surface area contributed by atoms with Crippen molar-refractivity contribution in [3.8, 4) is 5.75 Å². The van der Waals surface area contributed by atoms with Gasteiger partial charge in [0.15, 0.2) is 0 Å². The number of carbonyl (C=O) groups excluding carboxylic acids is 1. The minimum Gasteiger partial charge on any atom is -0.494 e.